The minimum Gasteiger partial charge on any atom is -0.356 e. The molecule has 1 heterocycles. The van der Waals surface area contributed by atoms with Gasteiger partial charge in [-0.2, -0.15) is 0 Å². The fraction of sp³-hybridized carbons (Fsp3) is 0.917. The van der Waals surface area contributed by atoms with Gasteiger partial charge in [0.05, 0.1) is 0 Å². The van der Waals surface area contributed by atoms with Gasteiger partial charge in [-0.05, 0) is 30.6 Å². The van der Waals surface area contributed by atoms with E-state index in [4.69, 9.17) is 0 Å². The van der Waals surface area contributed by atoms with Crippen LogP contribution in [-0.4, -0.2) is 12.5 Å². The molecule has 1 amide bonds. The van der Waals surface area contributed by atoms with Crippen LogP contribution in [0.15, 0.2) is 0 Å². The van der Waals surface area contributed by atoms with Crippen molar-refractivity contribution in [3.63, 3.8) is 0 Å². The van der Waals surface area contributed by atoms with Gasteiger partial charge in [-0.15, -0.1) is 0 Å². The van der Waals surface area contributed by atoms with Gasteiger partial charge < -0.3 is 5.32 Å². The number of hydrogen-bond donors (Lipinski definition) is 1. The topological polar surface area (TPSA) is 29.1 Å². The van der Waals surface area contributed by atoms with Gasteiger partial charge >= 0.3 is 0 Å². The second-order valence-corrected chi connectivity index (χ2v) is 4.85. The summed E-state index contributed by atoms with van der Waals surface area (Å²) in [4.78, 5) is 11.1. The van der Waals surface area contributed by atoms with Gasteiger partial charge in [0.1, 0.15) is 0 Å². The molecule has 1 saturated heterocycles. The lowest BCUT2D eigenvalue weighted by Crippen LogP contribution is -2.43. The molecule has 82 valence electrons. The molecule has 1 N–H and O–H groups in total. The van der Waals surface area contributed by atoms with Crippen molar-refractivity contribution in [1.82, 2.24) is 5.32 Å². The fourth-order valence-electron chi connectivity index (χ4n) is 2.35. The van der Waals surface area contributed by atoms with Gasteiger partial charge in [0.2, 0.25) is 5.91 Å². The molecule has 2 heteroatoms. The summed E-state index contributed by atoms with van der Waals surface area (Å²) >= 11 is 0. The molecule has 2 nitrogen and oxygen atoms in total. The predicted molar refractivity (Wildman–Crippen MR) is 59.0 cm³/mol. The van der Waals surface area contributed by atoms with E-state index in [1.807, 2.05) is 0 Å². The molecule has 0 aliphatic carbocycles. The van der Waals surface area contributed by atoms with Gasteiger partial charge in [-0.25, -0.2) is 0 Å². The Bertz CT molecular complexity index is 190. The highest BCUT2D eigenvalue weighted by Gasteiger charge is 2.33. The van der Waals surface area contributed by atoms with Crippen molar-refractivity contribution in [2.75, 3.05) is 6.54 Å². The highest BCUT2D eigenvalue weighted by atomic mass is 16.1. The first kappa shape index (κ1) is 11.5. The third-order valence-electron chi connectivity index (χ3n) is 3.77. The molecule has 0 aromatic rings. The van der Waals surface area contributed by atoms with E-state index < -0.39 is 0 Å². The van der Waals surface area contributed by atoms with Gasteiger partial charge in [-0.3, -0.25) is 4.79 Å². The zero-order valence-corrected chi connectivity index (χ0v) is 9.73. The lowest BCUT2D eigenvalue weighted by atomic mass is 9.72. The second kappa shape index (κ2) is 4.81. The molecule has 2 unspecified atom stereocenters. The van der Waals surface area contributed by atoms with E-state index >= 15 is 0 Å². The van der Waals surface area contributed by atoms with Crippen LogP contribution in [-0.2, 0) is 4.79 Å². The maximum Gasteiger partial charge on any atom is 0.220 e. The van der Waals surface area contributed by atoms with Crippen LogP contribution in [0, 0.1) is 11.3 Å². The quantitative estimate of drug-likeness (QED) is 0.737. The maximum atomic E-state index is 11.1. The van der Waals surface area contributed by atoms with Crippen LogP contribution in [0.5, 0.6) is 0 Å². The number of carbonyl (C=O) groups is 1. The number of rotatable bonds is 4. The van der Waals surface area contributed by atoms with E-state index in [0.717, 1.165) is 25.3 Å². The Morgan fingerprint density at radius 3 is 2.64 bits per heavy atom. The average molecular weight is 197 g/mol. The van der Waals surface area contributed by atoms with Crippen LogP contribution in [0.25, 0.3) is 0 Å². The molecule has 0 spiro atoms. The van der Waals surface area contributed by atoms with Crippen LogP contribution >= 0.6 is 0 Å². The third-order valence-corrected chi connectivity index (χ3v) is 3.77. The summed E-state index contributed by atoms with van der Waals surface area (Å²) in [6.07, 6.45) is 5.51. The molecule has 1 aliphatic rings. The number of hydrogen-bond acceptors (Lipinski definition) is 1. The first-order valence-electron chi connectivity index (χ1n) is 5.88. The minimum atomic E-state index is 0.234. The van der Waals surface area contributed by atoms with E-state index in [-0.39, 0.29) is 5.91 Å². The fourth-order valence-corrected chi connectivity index (χ4v) is 2.35. The molecule has 1 fully saturated rings. The summed E-state index contributed by atoms with van der Waals surface area (Å²) in [5.74, 6) is 1.02. The van der Waals surface area contributed by atoms with Crippen LogP contribution in [0.2, 0.25) is 0 Å². The van der Waals surface area contributed by atoms with Crippen molar-refractivity contribution < 1.29 is 4.79 Å². The van der Waals surface area contributed by atoms with E-state index in [2.05, 4.69) is 26.1 Å². The normalized spacial score (nSPS) is 29.8. The maximum absolute atomic E-state index is 11.1. The molecular formula is C12H23NO. The van der Waals surface area contributed by atoms with Gasteiger partial charge in [-0.1, -0.05) is 27.2 Å². The Labute approximate surface area is 87.5 Å². The zero-order chi connectivity index (χ0) is 10.6. The second-order valence-electron chi connectivity index (χ2n) is 4.85. The Kier molecular flexibility index (Phi) is 3.97. The average Bonchev–Trinajstić information content (AvgIpc) is 2.22. The van der Waals surface area contributed by atoms with Crippen LogP contribution in [0.1, 0.15) is 52.9 Å². The number of carbonyl (C=O) groups excluding carboxylic acids is 1. The van der Waals surface area contributed by atoms with Crippen molar-refractivity contribution >= 4 is 5.91 Å². The van der Waals surface area contributed by atoms with E-state index in [1.54, 1.807) is 0 Å². The van der Waals surface area contributed by atoms with Gasteiger partial charge in [0.15, 0.2) is 0 Å². The Morgan fingerprint density at radius 1 is 1.50 bits per heavy atom. The summed E-state index contributed by atoms with van der Waals surface area (Å²) in [6.45, 7) is 7.70. The Hall–Kier alpha value is -0.530. The standard InChI is InChI=1S/C12H23NO/c1-4-10(3)8-12(5-2)7-6-11(14)13-9-12/h10H,4-9H2,1-3H3,(H,13,14). The monoisotopic (exact) mass is 197 g/mol. The lowest BCUT2D eigenvalue weighted by Gasteiger charge is -2.38. The minimum absolute atomic E-state index is 0.234. The summed E-state index contributed by atoms with van der Waals surface area (Å²) < 4.78 is 0. The molecule has 0 bridgehead atoms. The lowest BCUT2D eigenvalue weighted by molar-refractivity contribution is -0.124. The first-order chi connectivity index (χ1) is 6.62. The molecule has 0 aromatic carbocycles. The Morgan fingerprint density at radius 2 is 2.21 bits per heavy atom. The number of nitrogens with one attached hydrogen (secondary N) is 1. The van der Waals surface area contributed by atoms with E-state index in [9.17, 15) is 4.79 Å². The molecule has 0 radical (unpaired) electrons. The molecule has 0 aromatic heterocycles. The predicted octanol–water partition coefficient (Wildman–Crippen LogP) is 2.73. The number of amides is 1. The van der Waals surface area contributed by atoms with Crippen molar-refractivity contribution in [3.05, 3.63) is 0 Å². The van der Waals surface area contributed by atoms with E-state index in [1.165, 1.54) is 19.3 Å². The SMILES string of the molecule is CCC(C)CC1(CC)CCC(=O)NC1. The van der Waals surface area contributed by atoms with Crippen LogP contribution in [0.4, 0.5) is 0 Å². The molecule has 1 rings (SSSR count). The van der Waals surface area contributed by atoms with Crippen molar-refractivity contribution in [1.29, 1.82) is 0 Å². The van der Waals surface area contributed by atoms with Crippen molar-refractivity contribution in [2.45, 2.75) is 52.9 Å². The molecule has 0 saturated carbocycles. The summed E-state index contributed by atoms with van der Waals surface area (Å²) in [7, 11) is 0. The van der Waals surface area contributed by atoms with Crippen molar-refractivity contribution in [3.8, 4) is 0 Å². The summed E-state index contributed by atoms with van der Waals surface area (Å²) in [5.41, 5.74) is 0.392. The molecule has 14 heavy (non-hydrogen) atoms. The first-order valence-corrected chi connectivity index (χ1v) is 5.88. The zero-order valence-electron chi connectivity index (χ0n) is 9.73. The largest absolute Gasteiger partial charge is 0.356 e. The molecule has 1 aliphatic heterocycles. The highest BCUT2D eigenvalue weighted by Crippen LogP contribution is 2.37. The van der Waals surface area contributed by atoms with Crippen molar-refractivity contribution in [2.24, 2.45) is 11.3 Å². The van der Waals surface area contributed by atoms with Crippen LogP contribution < -0.4 is 5.32 Å². The molecular weight excluding hydrogens is 174 g/mol. The van der Waals surface area contributed by atoms with E-state index in [0.29, 0.717) is 5.41 Å². The van der Waals surface area contributed by atoms with Gasteiger partial charge in [0.25, 0.3) is 0 Å². The highest BCUT2D eigenvalue weighted by molar-refractivity contribution is 5.76. The smallest absolute Gasteiger partial charge is 0.220 e. The molecule has 2 atom stereocenters. The number of piperidine rings is 1. The third kappa shape index (κ3) is 2.73. The summed E-state index contributed by atoms with van der Waals surface area (Å²) in [5, 5.41) is 3.01. The summed E-state index contributed by atoms with van der Waals surface area (Å²) in [6, 6.07) is 0. The Balaban J connectivity index is 2.53. The van der Waals surface area contributed by atoms with Crippen LogP contribution in [0.3, 0.4) is 0 Å². The van der Waals surface area contributed by atoms with Gasteiger partial charge in [0, 0.05) is 13.0 Å².